The molecule has 1 aromatic carbocycles. The molecule has 3 heteroatoms. The average Bonchev–Trinajstić information content (AvgIpc) is 2.29. The van der Waals surface area contributed by atoms with Crippen molar-refractivity contribution in [3.63, 3.8) is 0 Å². The zero-order valence-electron chi connectivity index (χ0n) is 9.20. The van der Waals surface area contributed by atoms with Crippen LogP contribution in [0.3, 0.4) is 0 Å². The number of benzene rings is 1. The first kappa shape index (κ1) is 10.8. The summed E-state index contributed by atoms with van der Waals surface area (Å²) in [5, 5.41) is 0. The molecule has 1 heterocycles. The Balaban J connectivity index is 2.38. The number of nitrogens with two attached hydrogens (primary N) is 1. The van der Waals surface area contributed by atoms with Gasteiger partial charge in [-0.15, -0.1) is 11.8 Å². The lowest BCUT2D eigenvalue weighted by molar-refractivity contribution is 0.797. The number of hydrogen-bond acceptors (Lipinski definition) is 3. The normalized spacial score (nSPS) is 15.2. The summed E-state index contributed by atoms with van der Waals surface area (Å²) in [7, 11) is 0. The molecule has 0 aliphatic carbocycles. The van der Waals surface area contributed by atoms with Crippen LogP contribution in [0.4, 0.5) is 5.69 Å². The van der Waals surface area contributed by atoms with Crippen LogP contribution in [0.5, 0.6) is 0 Å². The van der Waals surface area contributed by atoms with Gasteiger partial charge < -0.3 is 10.6 Å². The third kappa shape index (κ3) is 2.13. The first-order chi connectivity index (χ1) is 7.36. The number of fused-ring (bicyclic) bond motifs is 1. The van der Waals surface area contributed by atoms with Crippen molar-refractivity contribution in [2.24, 2.45) is 5.73 Å². The second kappa shape index (κ2) is 4.90. The SMILES string of the molecule is CCc1cccc2c1N(CCN)CCS2. The summed E-state index contributed by atoms with van der Waals surface area (Å²) in [5.74, 6) is 1.18. The van der Waals surface area contributed by atoms with Crippen LogP contribution in [-0.4, -0.2) is 25.4 Å². The molecule has 0 aromatic heterocycles. The molecular weight excluding hydrogens is 204 g/mol. The number of nitrogens with zero attached hydrogens (tertiary/aromatic N) is 1. The molecule has 0 unspecified atom stereocenters. The molecule has 0 bridgehead atoms. The molecule has 0 radical (unpaired) electrons. The van der Waals surface area contributed by atoms with E-state index in [-0.39, 0.29) is 0 Å². The van der Waals surface area contributed by atoms with Crippen molar-refractivity contribution in [2.75, 3.05) is 30.3 Å². The number of thioether (sulfide) groups is 1. The van der Waals surface area contributed by atoms with E-state index in [1.54, 1.807) is 0 Å². The molecular formula is C12H18N2S. The molecule has 1 aromatic rings. The predicted molar refractivity (Wildman–Crippen MR) is 67.8 cm³/mol. The molecule has 2 N–H and O–H groups in total. The minimum absolute atomic E-state index is 0.738. The molecule has 2 rings (SSSR count). The molecule has 0 amide bonds. The molecule has 1 aliphatic rings. The van der Waals surface area contributed by atoms with Gasteiger partial charge in [-0.2, -0.15) is 0 Å². The van der Waals surface area contributed by atoms with Crippen LogP contribution in [0.2, 0.25) is 0 Å². The molecule has 82 valence electrons. The van der Waals surface area contributed by atoms with Crippen LogP contribution in [0.1, 0.15) is 12.5 Å². The van der Waals surface area contributed by atoms with Crippen molar-refractivity contribution in [3.8, 4) is 0 Å². The largest absolute Gasteiger partial charge is 0.368 e. The second-order valence-electron chi connectivity index (χ2n) is 3.74. The zero-order valence-corrected chi connectivity index (χ0v) is 10.0. The van der Waals surface area contributed by atoms with Gasteiger partial charge in [0.1, 0.15) is 0 Å². The number of rotatable bonds is 3. The van der Waals surface area contributed by atoms with Crippen molar-refractivity contribution in [1.82, 2.24) is 0 Å². The van der Waals surface area contributed by atoms with Gasteiger partial charge in [0, 0.05) is 30.3 Å². The highest BCUT2D eigenvalue weighted by Crippen LogP contribution is 2.37. The fraction of sp³-hybridized carbons (Fsp3) is 0.500. The van der Waals surface area contributed by atoms with Gasteiger partial charge >= 0.3 is 0 Å². The molecule has 0 saturated carbocycles. The van der Waals surface area contributed by atoms with E-state index in [9.17, 15) is 0 Å². The highest BCUT2D eigenvalue weighted by Gasteiger charge is 2.18. The maximum absolute atomic E-state index is 5.66. The molecule has 0 fully saturated rings. The quantitative estimate of drug-likeness (QED) is 0.849. The number of aryl methyl sites for hydroxylation is 1. The highest BCUT2D eigenvalue weighted by molar-refractivity contribution is 7.99. The van der Waals surface area contributed by atoms with Crippen molar-refractivity contribution < 1.29 is 0 Å². The maximum Gasteiger partial charge on any atom is 0.0537 e. The Morgan fingerprint density at radius 3 is 3.07 bits per heavy atom. The maximum atomic E-state index is 5.66. The van der Waals surface area contributed by atoms with Crippen molar-refractivity contribution >= 4 is 17.4 Å². The first-order valence-corrected chi connectivity index (χ1v) is 6.55. The molecule has 2 nitrogen and oxygen atoms in total. The Morgan fingerprint density at radius 2 is 2.33 bits per heavy atom. The first-order valence-electron chi connectivity index (χ1n) is 5.56. The van der Waals surface area contributed by atoms with Gasteiger partial charge in [-0.1, -0.05) is 19.1 Å². The third-order valence-corrected chi connectivity index (χ3v) is 3.82. The fourth-order valence-corrected chi connectivity index (χ4v) is 3.19. The standard InChI is InChI=1S/C12H18N2S/c1-2-10-4-3-5-11-12(10)14(7-6-13)8-9-15-11/h3-5H,2,6-9,13H2,1H3. The molecule has 0 spiro atoms. The summed E-state index contributed by atoms with van der Waals surface area (Å²) in [5.41, 5.74) is 8.54. The molecule has 15 heavy (non-hydrogen) atoms. The van der Waals surface area contributed by atoms with Crippen LogP contribution in [-0.2, 0) is 6.42 Å². The molecule has 0 saturated heterocycles. The number of hydrogen-bond donors (Lipinski definition) is 1. The van der Waals surface area contributed by atoms with Crippen molar-refractivity contribution in [1.29, 1.82) is 0 Å². The highest BCUT2D eigenvalue weighted by atomic mass is 32.2. The second-order valence-corrected chi connectivity index (χ2v) is 4.88. The van der Waals surface area contributed by atoms with E-state index >= 15 is 0 Å². The smallest absolute Gasteiger partial charge is 0.0537 e. The van der Waals surface area contributed by atoms with E-state index in [2.05, 4.69) is 30.0 Å². The van der Waals surface area contributed by atoms with E-state index in [4.69, 9.17) is 5.73 Å². The number of anilines is 1. The Morgan fingerprint density at radius 1 is 1.47 bits per heavy atom. The van der Waals surface area contributed by atoms with Crippen LogP contribution in [0, 0.1) is 0 Å². The Labute approximate surface area is 95.8 Å². The topological polar surface area (TPSA) is 29.3 Å². The van der Waals surface area contributed by atoms with Gasteiger partial charge in [0.25, 0.3) is 0 Å². The van der Waals surface area contributed by atoms with E-state index in [0.717, 1.165) is 26.1 Å². The van der Waals surface area contributed by atoms with Gasteiger partial charge in [0.15, 0.2) is 0 Å². The van der Waals surface area contributed by atoms with Gasteiger partial charge in [-0.3, -0.25) is 0 Å². The lowest BCUT2D eigenvalue weighted by Gasteiger charge is -2.32. The van der Waals surface area contributed by atoms with E-state index in [0.29, 0.717) is 0 Å². The minimum atomic E-state index is 0.738. The Kier molecular flexibility index (Phi) is 3.54. The lowest BCUT2D eigenvalue weighted by atomic mass is 10.1. The Bertz CT molecular complexity index is 324. The van der Waals surface area contributed by atoms with Crippen LogP contribution >= 0.6 is 11.8 Å². The van der Waals surface area contributed by atoms with Gasteiger partial charge in [0.05, 0.1) is 5.69 Å². The third-order valence-electron chi connectivity index (χ3n) is 2.80. The zero-order chi connectivity index (χ0) is 10.7. The van der Waals surface area contributed by atoms with Crippen LogP contribution < -0.4 is 10.6 Å². The fourth-order valence-electron chi connectivity index (χ4n) is 2.09. The van der Waals surface area contributed by atoms with E-state index in [1.165, 1.54) is 21.9 Å². The lowest BCUT2D eigenvalue weighted by Crippen LogP contribution is -2.34. The van der Waals surface area contributed by atoms with Crippen molar-refractivity contribution in [3.05, 3.63) is 23.8 Å². The van der Waals surface area contributed by atoms with Gasteiger partial charge in [-0.05, 0) is 18.1 Å². The molecule has 1 aliphatic heterocycles. The summed E-state index contributed by atoms with van der Waals surface area (Å²) < 4.78 is 0. The van der Waals surface area contributed by atoms with Gasteiger partial charge in [-0.25, -0.2) is 0 Å². The van der Waals surface area contributed by atoms with Gasteiger partial charge in [0.2, 0.25) is 0 Å². The summed E-state index contributed by atoms with van der Waals surface area (Å²) in [6, 6.07) is 6.62. The van der Waals surface area contributed by atoms with E-state index in [1.807, 2.05) is 11.8 Å². The van der Waals surface area contributed by atoms with Crippen LogP contribution in [0.15, 0.2) is 23.1 Å². The van der Waals surface area contributed by atoms with Crippen molar-refractivity contribution in [2.45, 2.75) is 18.2 Å². The summed E-state index contributed by atoms with van der Waals surface area (Å²) in [6.07, 6.45) is 1.10. The summed E-state index contributed by atoms with van der Waals surface area (Å²) in [4.78, 5) is 3.86. The Hall–Kier alpha value is -0.670. The minimum Gasteiger partial charge on any atom is -0.368 e. The monoisotopic (exact) mass is 222 g/mol. The van der Waals surface area contributed by atoms with Crippen LogP contribution in [0.25, 0.3) is 0 Å². The molecule has 0 atom stereocenters. The predicted octanol–water partition coefficient (Wildman–Crippen LogP) is 2.12. The number of para-hydroxylation sites is 1. The summed E-state index contributed by atoms with van der Waals surface area (Å²) in [6.45, 7) is 5.06. The average molecular weight is 222 g/mol. The summed E-state index contributed by atoms with van der Waals surface area (Å²) >= 11 is 1.97. The van der Waals surface area contributed by atoms with E-state index < -0.39 is 0 Å².